The number of amides is 4. The number of hydrazone groups is 1. The summed E-state index contributed by atoms with van der Waals surface area (Å²) in [7, 11) is 1.46. The lowest BCUT2D eigenvalue weighted by molar-refractivity contribution is -0.144. The molecule has 0 aromatic heterocycles. The lowest BCUT2D eigenvalue weighted by Crippen LogP contribution is -2.63. The van der Waals surface area contributed by atoms with Gasteiger partial charge in [0.05, 0.1) is 16.8 Å². The van der Waals surface area contributed by atoms with Crippen LogP contribution in [0.4, 0.5) is 31.1 Å². The van der Waals surface area contributed by atoms with Gasteiger partial charge in [-0.2, -0.15) is 31.4 Å². The number of hydrogen-bond acceptors (Lipinski definition) is 6. The van der Waals surface area contributed by atoms with Crippen LogP contribution in [0.1, 0.15) is 37.0 Å². The number of ether oxygens (including phenoxy) is 1. The summed E-state index contributed by atoms with van der Waals surface area (Å²) in [5.74, 6) is -3.21. The van der Waals surface area contributed by atoms with Gasteiger partial charge in [0.1, 0.15) is 29.4 Å². The highest BCUT2D eigenvalue weighted by Gasteiger charge is 2.54. The van der Waals surface area contributed by atoms with Gasteiger partial charge in [0.2, 0.25) is 11.8 Å². The molecule has 0 radical (unpaired) electrons. The van der Waals surface area contributed by atoms with Crippen LogP contribution in [0.5, 0.6) is 5.75 Å². The lowest BCUT2D eigenvalue weighted by Gasteiger charge is -2.40. The zero-order valence-electron chi connectivity index (χ0n) is 25.3. The lowest BCUT2D eigenvalue weighted by atomic mass is 9.73. The molecule has 0 aliphatic carbocycles. The molecule has 2 aromatic rings. The number of carbonyl (C=O) groups is 4. The van der Waals surface area contributed by atoms with Crippen molar-refractivity contribution in [2.75, 3.05) is 26.7 Å². The number of halogens is 6. The van der Waals surface area contributed by atoms with E-state index in [1.165, 1.54) is 30.8 Å². The Bertz CT molecular complexity index is 1550. The number of benzene rings is 2. The number of piperidine rings is 1. The normalized spacial score (nSPS) is 19.1. The maximum Gasteiger partial charge on any atom is 0.416 e. The Hall–Kier alpha value is -4.83. The number of rotatable bonds is 9. The molecule has 17 heteroatoms. The Balaban J connectivity index is 1.67. The van der Waals surface area contributed by atoms with E-state index in [4.69, 9.17) is 9.84 Å². The fraction of sp³-hybridized carbons (Fsp3) is 0.433. The number of nitrogens with zero attached hydrogens (tertiary/aromatic N) is 3. The van der Waals surface area contributed by atoms with Gasteiger partial charge >= 0.3 is 18.4 Å². The summed E-state index contributed by atoms with van der Waals surface area (Å²) in [4.78, 5) is 53.1. The summed E-state index contributed by atoms with van der Waals surface area (Å²) in [5, 5.41) is 18.9. The summed E-state index contributed by atoms with van der Waals surface area (Å²) < 4.78 is 85.9. The first-order valence-corrected chi connectivity index (χ1v) is 14.2. The Morgan fingerprint density at radius 1 is 1.02 bits per heavy atom. The number of fused-ring (bicyclic) bond motifs is 1. The third-order valence-corrected chi connectivity index (χ3v) is 7.83. The Morgan fingerprint density at radius 2 is 1.62 bits per heavy atom. The van der Waals surface area contributed by atoms with Crippen LogP contribution >= 0.6 is 0 Å². The summed E-state index contributed by atoms with van der Waals surface area (Å²) in [6.45, 7) is 1.19. The maximum atomic E-state index is 14.0. The van der Waals surface area contributed by atoms with Crippen molar-refractivity contribution in [1.29, 1.82) is 0 Å². The molecule has 2 heterocycles. The molecule has 1 fully saturated rings. The van der Waals surface area contributed by atoms with E-state index in [2.05, 4.69) is 10.4 Å². The van der Waals surface area contributed by atoms with Gasteiger partial charge in [-0.15, -0.1) is 0 Å². The first kappa shape index (κ1) is 35.0. The smallest absolute Gasteiger partial charge is 0.416 e. The minimum atomic E-state index is -5.17. The number of alkyl halides is 6. The number of likely N-dealkylation sites (tertiary alicyclic amines) is 1. The molecule has 3 N–H and O–H groups in total. The van der Waals surface area contributed by atoms with Crippen molar-refractivity contribution in [3.05, 3.63) is 65.2 Å². The van der Waals surface area contributed by atoms with Gasteiger partial charge in [0.25, 0.3) is 5.91 Å². The molecule has 0 bridgehead atoms. The van der Waals surface area contributed by atoms with E-state index >= 15 is 0 Å². The van der Waals surface area contributed by atoms with E-state index in [9.17, 15) is 45.5 Å². The molecule has 2 aromatic carbocycles. The van der Waals surface area contributed by atoms with E-state index in [0.29, 0.717) is 17.8 Å². The zero-order chi connectivity index (χ0) is 34.9. The molecule has 2 atom stereocenters. The molecule has 0 spiro atoms. The number of hydrogen-bond donors (Lipinski definition) is 3. The van der Waals surface area contributed by atoms with Crippen LogP contribution in [0, 0.1) is 5.41 Å². The van der Waals surface area contributed by atoms with E-state index in [0.717, 1.165) is 5.56 Å². The first-order valence-electron chi connectivity index (χ1n) is 14.2. The average Bonchev–Trinajstić information content (AvgIpc) is 3.21. The van der Waals surface area contributed by atoms with Crippen molar-refractivity contribution in [2.45, 2.75) is 50.6 Å². The number of carbonyl (C=O) groups excluding carboxylic acids is 3. The second kappa shape index (κ2) is 12.8. The molecule has 11 nitrogen and oxygen atoms in total. The zero-order valence-corrected chi connectivity index (χ0v) is 25.3. The van der Waals surface area contributed by atoms with Gasteiger partial charge in [0.15, 0.2) is 0 Å². The van der Waals surface area contributed by atoms with Crippen molar-refractivity contribution in [3.8, 4) is 5.75 Å². The average molecular weight is 672 g/mol. The van der Waals surface area contributed by atoms with Gasteiger partial charge in [-0.05, 0) is 44.0 Å². The standard InChI is InChI=1S/C30H31F6N5O6/c1-27(2,38-26(45)46)24(43)37-21(15-47-20-12-18(29(31,32)33)11-19(13-20)30(34,35)36)23(42)41-10-9-22-28(16-41,25(44)40(3)39-22)14-17-7-5-4-6-8-17/h4-8,11-13,21,38H,9-10,14-16H2,1-3H3,(H,37,43)(H,45,46)/t21-,28-/m1/s1. The van der Waals surface area contributed by atoms with Crippen LogP contribution in [-0.2, 0) is 33.2 Å². The molecule has 0 unspecified atom stereocenters. The highest BCUT2D eigenvalue weighted by molar-refractivity contribution is 6.13. The third kappa shape index (κ3) is 7.77. The largest absolute Gasteiger partial charge is 0.491 e. The predicted molar refractivity (Wildman–Crippen MR) is 153 cm³/mol. The third-order valence-electron chi connectivity index (χ3n) is 7.83. The van der Waals surface area contributed by atoms with Crippen molar-refractivity contribution in [2.24, 2.45) is 10.5 Å². The van der Waals surface area contributed by atoms with Gasteiger partial charge < -0.3 is 25.4 Å². The second-order valence-corrected chi connectivity index (χ2v) is 11.8. The Kier molecular flexibility index (Phi) is 9.51. The molecule has 1 saturated heterocycles. The second-order valence-electron chi connectivity index (χ2n) is 11.8. The molecule has 4 amide bonds. The van der Waals surface area contributed by atoms with Crippen molar-refractivity contribution in [1.82, 2.24) is 20.5 Å². The monoisotopic (exact) mass is 671 g/mol. The molecular weight excluding hydrogens is 640 g/mol. The number of carboxylic acid groups (broad SMARTS) is 1. The van der Waals surface area contributed by atoms with E-state index in [1.54, 1.807) is 30.3 Å². The summed E-state index contributed by atoms with van der Waals surface area (Å²) in [6, 6.07) is 7.71. The Morgan fingerprint density at radius 3 is 2.17 bits per heavy atom. The van der Waals surface area contributed by atoms with Gasteiger partial charge in [0, 0.05) is 26.6 Å². The highest BCUT2D eigenvalue weighted by atomic mass is 19.4. The van der Waals surface area contributed by atoms with Crippen LogP contribution in [0.2, 0.25) is 0 Å². The van der Waals surface area contributed by atoms with Crippen LogP contribution in [0.25, 0.3) is 0 Å². The summed E-state index contributed by atoms with van der Waals surface area (Å²) >= 11 is 0. The molecule has 2 aliphatic rings. The summed E-state index contributed by atoms with van der Waals surface area (Å²) in [5.41, 5.74) is -5.15. The Labute approximate surface area is 264 Å². The van der Waals surface area contributed by atoms with Crippen LogP contribution in [0.15, 0.2) is 53.6 Å². The van der Waals surface area contributed by atoms with Gasteiger partial charge in [-0.25, -0.2) is 9.80 Å². The van der Waals surface area contributed by atoms with Crippen molar-refractivity contribution in [3.63, 3.8) is 0 Å². The van der Waals surface area contributed by atoms with Crippen LogP contribution in [0.3, 0.4) is 0 Å². The van der Waals surface area contributed by atoms with Gasteiger partial charge in [-0.1, -0.05) is 30.3 Å². The molecular formula is C30H31F6N5O6. The molecule has 47 heavy (non-hydrogen) atoms. The maximum absolute atomic E-state index is 14.0. The fourth-order valence-corrected chi connectivity index (χ4v) is 5.46. The van der Waals surface area contributed by atoms with Crippen molar-refractivity contribution >= 4 is 29.5 Å². The first-order chi connectivity index (χ1) is 21.7. The molecule has 4 rings (SSSR count). The predicted octanol–water partition coefficient (Wildman–Crippen LogP) is 3.92. The quantitative estimate of drug-likeness (QED) is 0.346. The molecule has 2 aliphatic heterocycles. The minimum absolute atomic E-state index is 0.000244. The fourth-order valence-electron chi connectivity index (χ4n) is 5.46. The van der Waals surface area contributed by atoms with E-state index in [1.807, 2.05) is 5.32 Å². The SMILES string of the molecule is CN1N=C2CCN(C(=O)[C@@H](COc3cc(C(F)(F)F)cc(C(F)(F)F)c3)NC(=O)C(C)(C)NC(=O)O)C[C@@]2(Cc2ccccc2)C1=O. The highest BCUT2D eigenvalue weighted by Crippen LogP contribution is 2.40. The minimum Gasteiger partial charge on any atom is -0.491 e. The topological polar surface area (TPSA) is 141 Å². The number of nitrogens with one attached hydrogen (secondary N) is 2. The van der Waals surface area contributed by atoms with Crippen molar-refractivity contribution < 1.29 is 55.4 Å². The summed E-state index contributed by atoms with van der Waals surface area (Å²) in [6.07, 6.45) is -11.6. The molecule has 0 saturated carbocycles. The van der Waals surface area contributed by atoms with Crippen LogP contribution < -0.4 is 15.4 Å². The van der Waals surface area contributed by atoms with Crippen LogP contribution in [-0.4, -0.2) is 82.9 Å². The van der Waals surface area contributed by atoms with Gasteiger partial charge in [-0.3, -0.25) is 14.4 Å². The van der Waals surface area contributed by atoms with E-state index in [-0.39, 0.29) is 32.0 Å². The van der Waals surface area contributed by atoms with E-state index < -0.39 is 76.6 Å². The molecule has 254 valence electrons.